The van der Waals surface area contributed by atoms with E-state index in [1.165, 1.54) is 103 Å². The molecule has 6 atom stereocenters. The Morgan fingerprint density at radius 1 is 0.466 bits per heavy atom. The fraction of sp³-hybridized carbons (Fsp3) is 0.803. The van der Waals surface area contributed by atoms with Gasteiger partial charge in [0.15, 0.2) is 24.6 Å². The maximum atomic E-state index is 13.1. The summed E-state index contributed by atoms with van der Waals surface area (Å²) in [6, 6.07) is 0. The van der Waals surface area contributed by atoms with Crippen LogP contribution in [0.2, 0.25) is 0 Å². The fourth-order valence-corrected chi connectivity index (χ4v) is 8.85. The van der Waals surface area contributed by atoms with Crippen molar-refractivity contribution in [3.8, 4) is 0 Å². The molecule has 1 saturated heterocycles. The number of carbonyl (C=O) groups is 4. The van der Waals surface area contributed by atoms with Gasteiger partial charge in [-0.1, -0.05) is 217 Å². The van der Waals surface area contributed by atoms with Crippen LogP contribution in [0.25, 0.3) is 0 Å². The van der Waals surface area contributed by atoms with Crippen molar-refractivity contribution in [1.29, 1.82) is 0 Å². The van der Waals surface area contributed by atoms with Gasteiger partial charge in [0.05, 0.1) is 6.61 Å². The molecule has 0 radical (unpaired) electrons. The monoisotopic (exact) mass is 1030 g/mol. The molecule has 3 N–H and O–H groups in total. The van der Waals surface area contributed by atoms with E-state index in [1.807, 2.05) is 0 Å². The smallest absolute Gasteiger partial charge is 0.335 e. The molecule has 0 aromatic rings. The summed E-state index contributed by atoms with van der Waals surface area (Å²) in [4.78, 5) is 51.0. The number of carbonyl (C=O) groups excluding carboxylic acids is 3. The molecule has 0 saturated carbocycles. The highest BCUT2D eigenvalue weighted by Gasteiger charge is 2.50. The van der Waals surface area contributed by atoms with Crippen molar-refractivity contribution in [1.82, 2.24) is 0 Å². The third-order valence-electron chi connectivity index (χ3n) is 13.4. The number of ether oxygens (including phenoxy) is 5. The number of hydrogen-bond donors (Lipinski definition) is 3. The SMILES string of the molecule is CC/C=C\C/C=C\C/C=C\CCCCCCCCCC(=O)OCC(COC1OC(C(=O)O)C(O)C(O)C1OC(=O)CCCCCCCCC/C=C\CCCCCCCC)OC(=O)CCCCCCCCCCC. The highest BCUT2D eigenvalue weighted by molar-refractivity contribution is 5.74. The van der Waals surface area contributed by atoms with Gasteiger partial charge in [-0.2, -0.15) is 0 Å². The molecule has 1 rings (SSSR count). The first-order valence-corrected chi connectivity index (χ1v) is 29.6. The van der Waals surface area contributed by atoms with Crippen molar-refractivity contribution >= 4 is 23.9 Å². The number of aliphatic hydroxyl groups excluding tert-OH is 2. The normalized spacial score (nSPS) is 18.6. The largest absolute Gasteiger partial charge is 0.479 e. The second kappa shape index (κ2) is 49.6. The summed E-state index contributed by atoms with van der Waals surface area (Å²) < 4.78 is 28.4. The summed E-state index contributed by atoms with van der Waals surface area (Å²) in [5.41, 5.74) is 0. The van der Waals surface area contributed by atoms with Crippen LogP contribution in [0.3, 0.4) is 0 Å². The fourth-order valence-electron chi connectivity index (χ4n) is 8.85. The van der Waals surface area contributed by atoms with Crippen molar-refractivity contribution in [3.05, 3.63) is 48.6 Å². The number of carboxylic acid groups (broad SMARTS) is 1. The molecule has 0 bridgehead atoms. The van der Waals surface area contributed by atoms with E-state index < -0.39 is 67.3 Å². The van der Waals surface area contributed by atoms with Crippen LogP contribution in [0, 0.1) is 0 Å². The van der Waals surface area contributed by atoms with Gasteiger partial charge in [0.1, 0.15) is 18.8 Å². The number of esters is 3. The summed E-state index contributed by atoms with van der Waals surface area (Å²) in [5, 5.41) is 31.4. The van der Waals surface area contributed by atoms with Gasteiger partial charge in [-0.3, -0.25) is 14.4 Å². The van der Waals surface area contributed by atoms with E-state index in [9.17, 15) is 34.5 Å². The number of unbranched alkanes of at least 4 members (excludes halogenated alkanes) is 28. The second-order valence-corrected chi connectivity index (χ2v) is 20.3. The Labute approximate surface area is 443 Å². The van der Waals surface area contributed by atoms with Crippen LogP contribution in [0.1, 0.15) is 265 Å². The molecule has 12 heteroatoms. The predicted molar refractivity (Wildman–Crippen MR) is 294 cm³/mol. The predicted octanol–water partition coefficient (Wildman–Crippen LogP) is 15.0. The van der Waals surface area contributed by atoms with Crippen LogP contribution in [0.5, 0.6) is 0 Å². The molecule has 1 aliphatic heterocycles. The summed E-state index contributed by atoms with van der Waals surface area (Å²) in [6.45, 7) is 5.85. The maximum absolute atomic E-state index is 13.1. The summed E-state index contributed by atoms with van der Waals surface area (Å²) in [6.07, 6.45) is 46.6. The molecule has 6 unspecified atom stereocenters. The first-order valence-electron chi connectivity index (χ1n) is 29.6. The highest BCUT2D eigenvalue weighted by Crippen LogP contribution is 2.26. The molecule has 1 heterocycles. The van der Waals surface area contributed by atoms with Gasteiger partial charge in [0.25, 0.3) is 0 Å². The maximum Gasteiger partial charge on any atom is 0.335 e. The summed E-state index contributed by atoms with van der Waals surface area (Å²) in [5.74, 6) is -3.12. The van der Waals surface area contributed by atoms with E-state index in [2.05, 4.69) is 69.4 Å². The molecule has 1 fully saturated rings. The minimum absolute atomic E-state index is 0.0566. The molecule has 0 amide bonds. The van der Waals surface area contributed by atoms with Crippen LogP contribution in [-0.4, -0.2) is 89.2 Å². The Morgan fingerprint density at radius 2 is 0.863 bits per heavy atom. The van der Waals surface area contributed by atoms with Crippen LogP contribution >= 0.6 is 0 Å². The van der Waals surface area contributed by atoms with Crippen molar-refractivity contribution in [2.45, 2.75) is 302 Å². The Kier molecular flexibility index (Phi) is 45.9. The lowest BCUT2D eigenvalue weighted by molar-refractivity contribution is -0.301. The van der Waals surface area contributed by atoms with Crippen molar-refractivity contribution < 1.29 is 58.2 Å². The van der Waals surface area contributed by atoms with E-state index in [1.54, 1.807) is 0 Å². The Balaban J connectivity index is 2.64. The van der Waals surface area contributed by atoms with Gasteiger partial charge in [-0.05, 0) is 77.0 Å². The molecule has 0 aliphatic carbocycles. The average Bonchev–Trinajstić information content (AvgIpc) is 3.37. The Hall–Kier alpha value is -3.32. The molecule has 0 aromatic carbocycles. The molecular formula is C61H106O12. The summed E-state index contributed by atoms with van der Waals surface area (Å²) in [7, 11) is 0. The zero-order chi connectivity index (χ0) is 53.3. The number of aliphatic carboxylic acids is 1. The van der Waals surface area contributed by atoms with Crippen molar-refractivity contribution in [3.63, 3.8) is 0 Å². The summed E-state index contributed by atoms with van der Waals surface area (Å²) >= 11 is 0. The molecule has 422 valence electrons. The van der Waals surface area contributed by atoms with E-state index in [0.29, 0.717) is 19.3 Å². The van der Waals surface area contributed by atoms with Gasteiger partial charge in [-0.15, -0.1) is 0 Å². The standard InChI is InChI=1S/C61H106O12/c1-4-7-10-13-16-19-21-23-25-27-29-31-33-36-38-41-44-47-53(62)69-50-52(71-54(63)48-45-42-39-35-18-15-12-9-6-3)51-70-61-59(57(66)56(65)58(73-61)60(67)68)72-55(64)49-46-43-40-37-34-32-30-28-26-24-22-20-17-14-11-8-5-2/h7,10,16,19,23-26,52,56-59,61,65-66H,4-6,8-9,11-15,17-18,20-22,27-51H2,1-3H3,(H,67,68)/b10-7-,19-16-,25-23-,26-24-. The zero-order valence-corrected chi connectivity index (χ0v) is 46.4. The van der Waals surface area contributed by atoms with Gasteiger partial charge < -0.3 is 39.0 Å². The van der Waals surface area contributed by atoms with Gasteiger partial charge >= 0.3 is 23.9 Å². The van der Waals surface area contributed by atoms with E-state index in [-0.39, 0.29) is 25.9 Å². The molecular weight excluding hydrogens is 925 g/mol. The van der Waals surface area contributed by atoms with Crippen LogP contribution < -0.4 is 0 Å². The molecule has 1 aliphatic rings. The van der Waals surface area contributed by atoms with Crippen molar-refractivity contribution in [2.75, 3.05) is 13.2 Å². The lowest BCUT2D eigenvalue weighted by Gasteiger charge is -2.40. The van der Waals surface area contributed by atoms with Gasteiger partial charge in [0.2, 0.25) is 0 Å². The van der Waals surface area contributed by atoms with Crippen LogP contribution in [-0.2, 0) is 42.9 Å². The molecule has 0 aromatic heterocycles. The topological polar surface area (TPSA) is 175 Å². The first-order chi connectivity index (χ1) is 35.6. The average molecular weight is 1030 g/mol. The number of carboxylic acids is 1. The third kappa shape index (κ3) is 39.7. The number of hydrogen-bond acceptors (Lipinski definition) is 11. The van der Waals surface area contributed by atoms with Gasteiger partial charge in [0, 0.05) is 19.3 Å². The highest BCUT2D eigenvalue weighted by atomic mass is 16.7. The Morgan fingerprint density at radius 3 is 1.33 bits per heavy atom. The van der Waals surface area contributed by atoms with Crippen LogP contribution in [0.15, 0.2) is 48.6 Å². The van der Waals surface area contributed by atoms with E-state index in [4.69, 9.17) is 23.7 Å². The number of aliphatic hydroxyl groups is 2. The quantitative estimate of drug-likeness (QED) is 0.0228. The third-order valence-corrected chi connectivity index (χ3v) is 13.4. The number of rotatable bonds is 50. The minimum Gasteiger partial charge on any atom is -0.479 e. The van der Waals surface area contributed by atoms with E-state index in [0.717, 1.165) is 103 Å². The van der Waals surface area contributed by atoms with Crippen LogP contribution in [0.4, 0.5) is 0 Å². The second-order valence-electron chi connectivity index (χ2n) is 20.3. The Bertz CT molecular complexity index is 1460. The molecule has 0 spiro atoms. The minimum atomic E-state index is -1.90. The van der Waals surface area contributed by atoms with E-state index >= 15 is 0 Å². The van der Waals surface area contributed by atoms with Gasteiger partial charge in [-0.25, -0.2) is 4.79 Å². The van der Waals surface area contributed by atoms with Crippen molar-refractivity contribution in [2.24, 2.45) is 0 Å². The molecule has 73 heavy (non-hydrogen) atoms. The number of allylic oxidation sites excluding steroid dienone is 8. The lowest BCUT2D eigenvalue weighted by Crippen LogP contribution is -2.61. The molecule has 12 nitrogen and oxygen atoms in total. The lowest BCUT2D eigenvalue weighted by atomic mass is 9.98. The zero-order valence-electron chi connectivity index (χ0n) is 46.4. The first kappa shape index (κ1) is 67.7.